The molecule has 7 atom stereocenters. The zero-order valence-corrected chi connectivity index (χ0v) is 42.9. The Morgan fingerprint density at radius 1 is 0.813 bits per heavy atom. The van der Waals surface area contributed by atoms with Gasteiger partial charge in [-0.15, -0.1) is 11.8 Å². The molecule has 18 nitrogen and oxygen atoms in total. The molecule has 0 saturated carbocycles. The summed E-state index contributed by atoms with van der Waals surface area (Å²) in [5.74, 6) is 0.728. The summed E-state index contributed by atoms with van der Waals surface area (Å²) in [6.07, 6.45) is -1.04. The van der Waals surface area contributed by atoms with Gasteiger partial charge in [-0.2, -0.15) is 5.26 Å². The average molecular weight is 1040 g/mol. The van der Waals surface area contributed by atoms with Crippen LogP contribution in [0, 0.1) is 25.2 Å². The van der Waals surface area contributed by atoms with Gasteiger partial charge < -0.3 is 47.4 Å². The number of fused-ring (bicyclic) bond motifs is 9. The molecule has 388 valence electrons. The second-order valence-corrected chi connectivity index (χ2v) is 20.4. The van der Waals surface area contributed by atoms with E-state index in [1.807, 2.05) is 87.6 Å². The van der Waals surface area contributed by atoms with E-state index in [1.165, 1.54) is 32.9 Å². The van der Waals surface area contributed by atoms with Crippen molar-refractivity contribution in [3.05, 3.63) is 134 Å². The Morgan fingerprint density at radius 2 is 1.51 bits per heavy atom. The zero-order chi connectivity index (χ0) is 52.3. The Hall–Kier alpha value is -7.50. The van der Waals surface area contributed by atoms with Crippen molar-refractivity contribution in [2.75, 3.05) is 47.0 Å². The number of carbonyl (C=O) groups excluding carboxylic acids is 4. The van der Waals surface area contributed by atoms with Crippen molar-refractivity contribution in [3.63, 3.8) is 0 Å². The summed E-state index contributed by atoms with van der Waals surface area (Å²) >= 11 is 1.42. The van der Waals surface area contributed by atoms with E-state index < -0.39 is 65.2 Å². The van der Waals surface area contributed by atoms with Gasteiger partial charge in [-0.3, -0.25) is 19.9 Å². The van der Waals surface area contributed by atoms with Crippen LogP contribution in [0.1, 0.15) is 79.9 Å². The first-order valence-corrected chi connectivity index (χ1v) is 25.7. The summed E-state index contributed by atoms with van der Waals surface area (Å²) in [4.78, 5) is 60.0. The van der Waals surface area contributed by atoms with E-state index in [1.54, 1.807) is 12.1 Å². The predicted octanol–water partition coefficient (Wildman–Crippen LogP) is 8.01. The van der Waals surface area contributed by atoms with Gasteiger partial charge in [0.05, 0.1) is 37.6 Å². The third kappa shape index (κ3) is 8.49. The number of aryl methyl sites for hydroxylation is 1. The van der Waals surface area contributed by atoms with E-state index in [-0.39, 0.29) is 55.4 Å². The van der Waals surface area contributed by atoms with Gasteiger partial charge in [-0.05, 0) is 79.3 Å². The first-order valence-electron chi connectivity index (χ1n) is 24.6. The van der Waals surface area contributed by atoms with Crippen LogP contribution >= 0.6 is 11.8 Å². The highest BCUT2D eigenvalue weighted by atomic mass is 32.2. The smallest absolute Gasteiger partial charge is 0.493 e. The minimum absolute atomic E-state index is 0.00575. The van der Waals surface area contributed by atoms with Gasteiger partial charge in [0, 0.05) is 53.6 Å². The number of hydrogen-bond acceptors (Lipinski definition) is 19. The molecule has 0 radical (unpaired) electrons. The number of methoxy groups -OCH3 is 2. The molecule has 2 fully saturated rings. The number of likely N-dealkylation sites (N-methyl/N-ethyl adjacent to an activating group) is 1. The molecule has 19 heteroatoms. The number of hydrogen-bond donors (Lipinski definition) is 1. The molecule has 7 aliphatic rings. The normalized spacial score (nSPS) is 24.0. The molecule has 7 heterocycles. The van der Waals surface area contributed by atoms with Crippen molar-refractivity contribution >= 4 is 36.0 Å². The Morgan fingerprint density at radius 3 is 2.17 bits per heavy atom. The first-order chi connectivity index (χ1) is 36.3. The van der Waals surface area contributed by atoms with Gasteiger partial charge in [0.15, 0.2) is 40.0 Å². The highest BCUT2D eigenvalue weighted by Crippen LogP contribution is 2.65. The van der Waals surface area contributed by atoms with Crippen molar-refractivity contribution < 1.29 is 66.5 Å². The van der Waals surface area contributed by atoms with Crippen LogP contribution < -0.4 is 38.5 Å². The molecular weight excluding hydrogens is 985 g/mol. The van der Waals surface area contributed by atoms with E-state index >= 15 is 4.79 Å². The molecule has 75 heavy (non-hydrogen) atoms. The third-order valence-electron chi connectivity index (χ3n) is 15.2. The van der Waals surface area contributed by atoms with Crippen LogP contribution in [-0.4, -0.2) is 99.1 Å². The number of benzene rings is 5. The molecule has 1 spiro atoms. The van der Waals surface area contributed by atoms with Crippen LogP contribution in [0.5, 0.6) is 40.2 Å². The fraction of sp³-hybridized carbons (Fsp3) is 0.375. The van der Waals surface area contributed by atoms with Crippen molar-refractivity contribution in [2.24, 2.45) is 0 Å². The van der Waals surface area contributed by atoms with Gasteiger partial charge in [-0.1, -0.05) is 66.7 Å². The quantitative estimate of drug-likeness (QED) is 0.0643. The first kappa shape index (κ1) is 49.7. The molecular formula is C56H54N4O14S. The van der Waals surface area contributed by atoms with E-state index in [0.29, 0.717) is 75.6 Å². The Bertz CT molecular complexity index is 3170. The molecule has 12 rings (SSSR count). The van der Waals surface area contributed by atoms with Crippen LogP contribution in [0.3, 0.4) is 0 Å². The minimum Gasteiger partial charge on any atom is -0.493 e. The van der Waals surface area contributed by atoms with E-state index in [4.69, 9.17) is 47.4 Å². The lowest BCUT2D eigenvalue weighted by Gasteiger charge is -2.62. The summed E-state index contributed by atoms with van der Waals surface area (Å²) in [5, 5.41) is 14.3. The van der Waals surface area contributed by atoms with Crippen LogP contribution in [0.15, 0.2) is 78.9 Å². The standard InChI is InChI=1S/C56H54N4O14S/c1-29-19-35-20-37-38(23-57)60-39-26-67-53(62)56(36-22-40(65-5)41(21-34(36)17-18-58-56)73-54(63)68-24-32-13-9-7-10-14-32)27-75-52(44-43(39)50-49(70-28-71-50)30(2)48(44)72-31(3)61)46(60)45(59(37)4)42(35)51(47(29)66-6)74-55(64)69-25-33-15-11-8-12-16-33/h7-16,19,21-22,37-39,45-46,52,58H,17-18,20,24-28H2,1-6H3/t37-,38-,39-,45?,46?,52+,56+/m0/s1. The Kier molecular flexibility index (Phi) is 13.2. The maximum Gasteiger partial charge on any atom is 0.514 e. The van der Waals surface area contributed by atoms with Gasteiger partial charge >= 0.3 is 24.2 Å². The topological polar surface area (TPSA) is 203 Å². The van der Waals surface area contributed by atoms with Gasteiger partial charge in [-0.25, -0.2) is 14.4 Å². The summed E-state index contributed by atoms with van der Waals surface area (Å²) in [7, 11) is 4.92. The molecule has 5 aromatic rings. The third-order valence-corrected chi connectivity index (χ3v) is 16.7. The number of nitrogens with zero attached hydrogens (tertiary/aromatic N) is 3. The second kappa shape index (κ2) is 20.0. The van der Waals surface area contributed by atoms with Crippen molar-refractivity contribution in [3.8, 4) is 46.3 Å². The molecule has 4 bridgehead atoms. The van der Waals surface area contributed by atoms with Crippen LogP contribution in [0.2, 0.25) is 0 Å². The van der Waals surface area contributed by atoms with Crippen LogP contribution in [0.25, 0.3) is 0 Å². The molecule has 1 N–H and O–H groups in total. The van der Waals surface area contributed by atoms with Crippen LogP contribution in [-0.2, 0) is 55.4 Å². The van der Waals surface area contributed by atoms with E-state index in [2.05, 4.69) is 21.2 Å². The summed E-state index contributed by atoms with van der Waals surface area (Å²) in [6, 6.07) is 23.2. The van der Waals surface area contributed by atoms with Gasteiger partial charge in [0.1, 0.15) is 31.6 Å². The average Bonchev–Trinajstić information content (AvgIpc) is 3.91. The lowest BCUT2D eigenvalue weighted by atomic mass is 9.71. The number of nitrogens with one attached hydrogen (secondary N) is 1. The lowest BCUT2D eigenvalue weighted by molar-refractivity contribution is -0.157. The molecule has 2 unspecified atom stereocenters. The maximum atomic E-state index is 15.3. The zero-order valence-electron chi connectivity index (χ0n) is 42.1. The highest BCUT2D eigenvalue weighted by molar-refractivity contribution is 7.99. The second-order valence-electron chi connectivity index (χ2n) is 19.3. The van der Waals surface area contributed by atoms with E-state index in [9.17, 15) is 19.6 Å². The molecule has 7 aliphatic heterocycles. The number of ether oxygens (including phenoxy) is 10. The number of nitriles is 1. The Labute approximate surface area is 436 Å². The number of carbonyl (C=O) groups is 4. The largest absolute Gasteiger partial charge is 0.514 e. The number of piperazine rings is 1. The predicted molar refractivity (Wildman–Crippen MR) is 269 cm³/mol. The molecule has 0 aliphatic carbocycles. The van der Waals surface area contributed by atoms with Gasteiger partial charge in [0.2, 0.25) is 6.79 Å². The molecule has 2 saturated heterocycles. The number of rotatable bonds is 9. The summed E-state index contributed by atoms with van der Waals surface area (Å²) in [5.41, 5.74) is 5.23. The van der Waals surface area contributed by atoms with Gasteiger partial charge in [0.25, 0.3) is 0 Å². The maximum absolute atomic E-state index is 15.3. The summed E-state index contributed by atoms with van der Waals surface area (Å²) < 4.78 is 60.5. The van der Waals surface area contributed by atoms with Crippen molar-refractivity contribution in [1.82, 2.24) is 15.1 Å². The lowest BCUT2D eigenvalue weighted by Crippen LogP contribution is -2.69. The van der Waals surface area contributed by atoms with E-state index in [0.717, 1.165) is 16.7 Å². The molecule has 5 aromatic carbocycles. The minimum atomic E-state index is -1.52. The fourth-order valence-electron chi connectivity index (χ4n) is 12.0. The number of esters is 2. The highest BCUT2D eigenvalue weighted by Gasteiger charge is 2.62. The van der Waals surface area contributed by atoms with Crippen molar-refractivity contribution in [1.29, 1.82) is 5.26 Å². The summed E-state index contributed by atoms with van der Waals surface area (Å²) in [6.45, 7) is 4.92. The molecule has 0 aromatic heterocycles. The Balaban J connectivity index is 1.06. The fourth-order valence-corrected chi connectivity index (χ4v) is 13.7. The monoisotopic (exact) mass is 1040 g/mol. The number of thioether (sulfide) groups is 1. The van der Waals surface area contributed by atoms with Crippen LogP contribution in [0.4, 0.5) is 9.59 Å². The van der Waals surface area contributed by atoms with Crippen molar-refractivity contribution in [2.45, 2.75) is 87.8 Å². The SMILES string of the molecule is COc1cc2c(cc1OC(=O)OCc1ccccc1)CCN[C@]21CS[C@@H]2c3c(OC(C)=O)c(C)c4c(c3[C@H](COC1=O)N1C2C2c3c(cc(C)c(OC)c3OC(=O)OCc3ccccc3)C[C@@H]([C@@H]1C#N)N2C)OCO4. The molecule has 0 amide bonds.